The number of nitriles is 1. The summed E-state index contributed by atoms with van der Waals surface area (Å²) < 4.78 is 0. The van der Waals surface area contributed by atoms with Gasteiger partial charge in [-0.05, 0) is 49.6 Å². The van der Waals surface area contributed by atoms with Crippen LogP contribution in [0.2, 0.25) is 0 Å². The van der Waals surface area contributed by atoms with E-state index in [1.807, 2.05) is 24.3 Å². The third-order valence-electron chi connectivity index (χ3n) is 4.82. The van der Waals surface area contributed by atoms with Crippen LogP contribution < -0.4 is 5.32 Å². The van der Waals surface area contributed by atoms with Gasteiger partial charge in [0.2, 0.25) is 0 Å². The Bertz CT molecular complexity index is 790. The Hall–Kier alpha value is -2.71. The lowest BCUT2D eigenvalue weighted by Crippen LogP contribution is -2.41. The Labute approximate surface area is 153 Å². The molecular weight excluding hydrogens is 326 g/mol. The zero-order valence-corrected chi connectivity index (χ0v) is 14.7. The molecule has 2 heterocycles. The van der Waals surface area contributed by atoms with E-state index >= 15 is 0 Å². The zero-order valence-electron chi connectivity index (χ0n) is 14.7. The molecule has 1 saturated heterocycles. The van der Waals surface area contributed by atoms with E-state index in [1.54, 1.807) is 18.3 Å². The number of nitrogens with one attached hydrogen (secondary N) is 1. The van der Waals surface area contributed by atoms with Crippen molar-refractivity contribution in [3.8, 4) is 23.1 Å². The predicted molar refractivity (Wildman–Crippen MR) is 99.4 cm³/mol. The number of phenolic OH excluding ortho intramolecular Hbond substituents is 1. The van der Waals surface area contributed by atoms with Crippen LogP contribution in [0, 0.1) is 17.2 Å². The van der Waals surface area contributed by atoms with Gasteiger partial charge in [-0.25, -0.2) is 0 Å². The van der Waals surface area contributed by atoms with Gasteiger partial charge in [0, 0.05) is 18.2 Å². The van der Waals surface area contributed by atoms with Gasteiger partial charge in [-0.15, -0.1) is 0 Å². The normalized spacial score (nSPS) is 18.0. The lowest BCUT2D eigenvalue weighted by molar-refractivity contribution is -0.122. The van der Waals surface area contributed by atoms with E-state index in [2.05, 4.69) is 16.4 Å². The number of carbonyl (C=O) groups is 1. The van der Waals surface area contributed by atoms with Crippen LogP contribution in [-0.4, -0.2) is 28.5 Å². The number of carbonyl (C=O) groups excluding carboxylic acids is 1. The maximum Gasteiger partial charge on any atom is 0.151 e. The average Bonchev–Trinajstić information content (AvgIpc) is 2.69. The number of aromatic nitrogens is 1. The number of phenols is 1. The van der Waals surface area contributed by atoms with E-state index < -0.39 is 0 Å². The van der Waals surface area contributed by atoms with Crippen LogP contribution in [0.15, 0.2) is 42.6 Å². The average molecular weight is 349 g/mol. The molecule has 26 heavy (non-hydrogen) atoms. The van der Waals surface area contributed by atoms with Crippen LogP contribution in [0.5, 0.6) is 5.75 Å². The Balaban J connectivity index is 1.62. The maximum absolute atomic E-state index is 12.4. The van der Waals surface area contributed by atoms with E-state index in [9.17, 15) is 15.2 Å². The van der Waals surface area contributed by atoms with E-state index in [-0.39, 0.29) is 29.9 Å². The minimum Gasteiger partial charge on any atom is -0.507 e. The molecule has 0 unspecified atom stereocenters. The van der Waals surface area contributed by atoms with Gasteiger partial charge < -0.3 is 10.4 Å². The highest BCUT2D eigenvalue weighted by Crippen LogP contribution is 2.27. The molecule has 5 nitrogen and oxygen atoms in total. The van der Waals surface area contributed by atoms with Gasteiger partial charge in [-0.1, -0.05) is 24.6 Å². The largest absolute Gasteiger partial charge is 0.507 e. The molecule has 134 valence electrons. The van der Waals surface area contributed by atoms with Gasteiger partial charge in [0.25, 0.3) is 0 Å². The van der Waals surface area contributed by atoms with Gasteiger partial charge in [0.05, 0.1) is 23.7 Å². The summed E-state index contributed by atoms with van der Waals surface area (Å²) in [6.45, 7) is 0.880. The Morgan fingerprint density at radius 3 is 2.81 bits per heavy atom. The van der Waals surface area contributed by atoms with Crippen LogP contribution in [0.3, 0.4) is 0 Å². The number of piperidine rings is 1. The number of Topliss-reactive ketones (excluding diaryl/α,β-unsaturated/α-hetero) is 1. The molecule has 0 aliphatic carbocycles. The molecule has 5 heteroatoms. The molecule has 1 aromatic heterocycles. The molecule has 0 saturated carbocycles. The summed E-state index contributed by atoms with van der Waals surface area (Å²) in [4.78, 5) is 16.8. The molecule has 1 aliphatic rings. The first-order valence-electron chi connectivity index (χ1n) is 9.06. The minimum absolute atomic E-state index is 0.0962. The van der Waals surface area contributed by atoms with Crippen molar-refractivity contribution in [3.05, 3.63) is 48.2 Å². The molecule has 0 spiro atoms. The van der Waals surface area contributed by atoms with Gasteiger partial charge in [-0.3, -0.25) is 9.78 Å². The molecule has 1 aliphatic heterocycles. The second kappa shape index (κ2) is 8.59. The Kier molecular flexibility index (Phi) is 5.98. The lowest BCUT2D eigenvalue weighted by atomic mass is 9.91. The third kappa shape index (κ3) is 4.47. The summed E-state index contributed by atoms with van der Waals surface area (Å²) in [5.41, 5.74) is 2.28. The zero-order chi connectivity index (χ0) is 18.4. The maximum atomic E-state index is 12.4. The van der Waals surface area contributed by atoms with Crippen molar-refractivity contribution in [2.75, 3.05) is 6.54 Å². The molecule has 3 rings (SSSR count). The van der Waals surface area contributed by atoms with Crippen molar-refractivity contribution >= 4 is 5.78 Å². The first-order valence-corrected chi connectivity index (χ1v) is 9.06. The number of rotatable bonds is 6. The number of nitrogens with zero attached hydrogens (tertiary/aromatic N) is 2. The van der Waals surface area contributed by atoms with Gasteiger partial charge in [0.15, 0.2) is 5.78 Å². The van der Waals surface area contributed by atoms with Crippen molar-refractivity contribution in [2.45, 2.75) is 38.1 Å². The number of para-hydroxylation sites is 1. The number of hydrogen-bond donors (Lipinski definition) is 2. The molecule has 2 N–H and O–H groups in total. The Morgan fingerprint density at radius 1 is 1.31 bits per heavy atom. The van der Waals surface area contributed by atoms with Gasteiger partial charge in [0.1, 0.15) is 5.75 Å². The highest BCUT2D eigenvalue weighted by atomic mass is 16.3. The molecule has 2 aromatic rings. The molecule has 0 amide bonds. The van der Waals surface area contributed by atoms with E-state index in [0.717, 1.165) is 31.4 Å². The highest BCUT2D eigenvalue weighted by Gasteiger charge is 2.23. The number of ketones is 1. The monoisotopic (exact) mass is 349 g/mol. The predicted octanol–water partition coefficient (Wildman–Crippen LogP) is 3.24. The summed E-state index contributed by atoms with van der Waals surface area (Å²) in [7, 11) is 0. The number of benzene rings is 1. The Morgan fingerprint density at radius 2 is 2.15 bits per heavy atom. The molecule has 1 aromatic carbocycles. The summed E-state index contributed by atoms with van der Waals surface area (Å²) in [6, 6.07) is 13.0. The smallest absolute Gasteiger partial charge is 0.151 e. The van der Waals surface area contributed by atoms with Crippen molar-refractivity contribution in [2.24, 2.45) is 5.92 Å². The number of aromatic hydroxyl groups is 1. The lowest BCUT2D eigenvalue weighted by Gasteiger charge is -2.23. The van der Waals surface area contributed by atoms with Crippen LogP contribution in [0.1, 0.15) is 31.2 Å². The summed E-state index contributed by atoms with van der Waals surface area (Å²) in [5, 5.41) is 22.6. The molecule has 1 fully saturated rings. The fraction of sp³-hybridized carbons (Fsp3) is 0.381. The quantitative estimate of drug-likeness (QED) is 0.836. The summed E-state index contributed by atoms with van der Waals surface area (Å²) in [6.07, 6.45) is 5.54. The van der Waals surface area contributed by atoms with Crippen LogP contribution >= 0.6 is 0 Å². The summed E-state index contributed by atoms with van der Waals surface area (Å²) in [5.74, 6) is -0.0210. The summed E-state index contributed by atoms with van der Waals surface area (Å²) >= 11 is 0. The fourth-order valence-corrected chi connectivity index (χ4v) is 3.35. The van der Waals surface area contributed by atoms with Gasteiger partial charge in [-0.2, -0.15) is 5.26 Å². The highest BCUT2D eigenvalue weighted by molar-refractivity contribution is 5.84. The standard InChI is InChI=1S/C21H23N3O2/c22-13-16(12-21(26)19-6-3-4-10-23-19)11-15-8-9-18(24-14-15)17-5-1-2-7-20(17)25/h1-2,5,7-9,14,16,19,23,25H,3-4,6,10-12H2/t16-,19+/m1/s1. The molecule has 0 bridgehead atoms. The third-order valence-corrected chi connectivity index (χ3v) is 4.82. The van der Waals surface area contributed by atoms with Crippen molar-refractivity contribution in [1.82, 2.24) is 10.3 Å². The SMILES string of the molecule is N#C[C@@H](CC(=O)[C@@H]1CCCCN1)Cc1ccc(-c2ccccc2O)nc1. The number of hydrogen-bond acceptors (Lipinski definition) is 5. The van der Waals surface area contributed by atoms with E-state index in [0.29, 0.717) is 17.7 Å². The fourth-order valence-electron chi connectivity index (χ4n) is 3.35. The van der Waals surface area contributed by atoms with Crippen molar-refractivity contribution in [1.29, 1.82) is 5.26 Å². The van der Waals surface area contributed by atoms with Crippen LogP contribution in [-0.2, 0) is 11.2 Å². The van der Waals surface area contributed by atoms with Crippen LogP contribution in [0.4, 0.5) is 0 Å². The molecular formula is C21H23N3O2. The second-order valence-corrected chi connectivity index (χ2v) is 6.77. The van der Waals surface area contributed by atoms with Crippen LogP contribution in [0.25, 0.3) is 11.3 Å². The van der Waals surface area contributed by atoms with Crippen molar-refractivity contribution < 1.29 is 9.90 Å². The second-order valence-electron chi connectivity index (χ2n) is 6.77. The minimum atomic E-state index is -0.344. The van der Waals surface area contributed by atoms with E-state index in [1.165, 1.54) is 0 Å². The first kappa shape index (κ1) is 18.1. The number of pyridine rings is 1. The first-order chi connectivity index (χ1) is 12.7. The van der Waals surface area contributed by atoms with Gasteiger partial charge >= 0.3 is 0 Å². The molecule has 2 atom stereocenters. The molecule has 0 radical (unpaired) electrons. The topological polar surface area (TPSA) is 86.0 Å². The van der Waals surface area contributed by atoms with E-state index in [4.69, 9.17) is 0 Å². The van der Waals surface area contributed by atoms with Crippen molar-refractivity contribution in [3.63, 3.8) is 0 Å².